The van der Waals surface area contributed by atoms with E-state index >= 15 is 0 Å². The normalized spacial score (nSPS) is 14.2. The fourth-order valence-electron chi connectivity index (χ4n) is 1.58. The van der Waals surface area contributed by atoms with E-state index in [9.17, 15) is 9.90 Å². The first-order valence-electron chi connectivity index (χ1n) is 5.16. The van der Waals surface area contributed by atoms with Crippen LogP contribution in [0.5, 0.6) is 0 Å². The molecule has 0 aliphatic carbocycles. The predicted molar refractivity (Wildman–Crippen MR) is 60.8 cm³/mol. The first-order chi connectivity index (χ1) is 7.70. The number of rotatable bonds is 5. The van der Waals surface area contributed by atoms with Gasteiger partial charge in [0.2, 0.25) is 0 Å². The molecule has 0 fully saturated rings. The van der Waals surface area contributed by atoms with Crippen molar-refractivity contribution in [1.82, 2.24) is 5.32 Å². The molecule has 4 heteroatoms. The summed E-state index contributed by atoms with van der Waals surface area (Å²) in [5, 5.41) is 12.9. The van der Waals surface area contributed by atoms with Crippen LogP contribution in [0.15, 0.2) is 30.3 Å². The van der Waals surface area contributed by atoms with Gasteiger partial charge in [0.05, 0.1) is 19.1 Å². The molecule has 0 heterocycles. The molecule has 1 rings (SSSR count). The van der Waals surface area contributed by atoms with Crippen LogP contribution in [0.2, 0.25) is 0 Å². The Morgan fingerprint density at radius 2 is 2.06 bits per heavy atom. The molecule has 0 amide bonds. The van der Waals surface area contributed by atoms with Gasteiger partial charge in [-0.1, -0.05) is 30.3 Å². The monoisotopic (exact) mass is 223 g/mol. The summed E-state index contributed by atoms with van der Waals surface area (Å²) in [5.41, 5.74) is 0.716. The maximum absolute atomic E-state index is 11.5. The number of ether oxygens (including phenoxy) is 1. The third-order valence-electron chi connectivity index (χ3n) is 2.45. The van der Waals surface area contributed by atoms with Gasteiger partial charge in [-0.05, 0) is 12.6 Å². The third-order valence-corrected chi connectivity index (χ3v) is 2.45. The highest BCUT2D eigenvalue weighted by molar-refractivity contribution is 5.73. The van der Waals surface area contributed by atoms with Crippen LogP contribution in [0, 0.1) is 5.92 Å². The van der Waals surface area contributed by atoms with Gasteiger partial charge in [-0.2, -0.15) is 0 Å². The highest BCUT2D eigenvalue weighted by Gasteiger charge is 2.27. The van der Waals surface area contributed by atoms with E-state index in [1.807, 2.05) is 18.2 Å². The van der Waals surface area contributed by atoms with Crippen molar-refractivity contribution in [1.29, 1.82) is 0 Å². The molecule has 4 nitrogen and oxygen atoms in total. The first kappa shape index (κ1) is 12.7. The Morgan fingerprint density at radius 1 is 1.44 bits per heavy atom. The zero-order valence-electron chi connectivity index (χ0n) is 9.51. The highest BCUT2D eigenvalue weighted by atomic mass is 16.5. The fraction of sp³-hybridized carbons (Fsp3) is 0.417. The van der Waals surface area contributed by atoms with Crippen molar-refractivity contribution in [2.24, 2.45) is 5.92 Å². The number of methoxy groups -OCH3 is 1. The van der Waals surface area contributed by atoms with Crippen LogP contribution in [-0.4, -0.2) is 31.8 Å². The highest BCUT2D eigenvalue weighted by Crippen LogP contribution is 2.22. The Hall–Kier alpha value is -1.39. The molecular formula is C12H17NO3. The molecule has 0 aliphatic rings. The van der Waals surface area contributed by atoms with E-state index in [-0.39, 0.29) is 0 Å². The maximum atomic E-state index is 11.5. The molecule has 0 bridgehead atoms. The van der Waals surface area contributed by atoms with Crippen molar-refractivity contribution < 1.29 is 14.6 Å². The summed E-state index contributed by atoms with van der Waals surface area (Å²) < 4.78 is 4.67. The van der Waals surface area contributed by atoms with Gasteiger partial charge in [-0.25, -0.2) is 0 Å². The third kappa shape index (κ3) is 3.05. The Balaban J connectivity index is 2.82. The molecule has 1 unspecified atom stereocenters. The minimum absolute atomic E-state index is 0.378. The van der Waals surface area contributed by atoms with Crippen molar-refractivity contribution in [2.45, 2.75) is 6.10 Å². The zero-order chi connectivity index (χ0) is 12.0. The Labute approximate surface area is 95.2 Å². The average molecular weight is 223 g/mol. The molecule has 16 heavy (non-hydrogen) atoms. The molecule has 1 aromatic carbocycles. The summed E-state index contributed by atoms with van der Waals surface area (Å²) in [4.78, 5) is 11.5. The molecule has 0 spiro atoms. The number of carbonyl (C=O) groups is 1. The van der Waals surface area contributed by atoms with Gasteiger partial charge in [0.15, 0.2) is 0 Å². The SMILES string of the molecule is CNC[C@H](C(=O)OC)C(O)c1ccccc1. The largest absolute Gasteiger partial charge is 0.469 e. The number of esters is 1. The number of hydrogen-bond donors (Lipinski definition) is 2. The minimum Gasteiger partial charge on any atom is -0.469 e. The number of nitrogens with one attached hydrogen (secondary N) is 1. The van der Waals surface area contributed by atoms with Gasteiger partial charge in [0, 0.05) is 6.54 Å². The van der Waals surface area contributed by atoms with Crippen LogP contribution in [0.1, 0.15) is 11.7 Å². The average Bonchev–Trinajstić information content (AvgIpc) is 2.35. The molecule has 2 atom stereocenters. The van der Waals surface area contributed by atoms with Crippen molar-refractivity contribution in [2.75, 3.05) is 20.7 Å². The molecule has 88 valence electrons. The van der Waals surface area contributed by atoms with E-state index in [2.05, 4.69) is 10.1 Å². The first-order valence-corrected chi connectivity index (χ1v) is 5.16. The number of carbonyl (C=O) groups excluding carboxylic acids is 1. The minimum atomic E-state index is -0.846. The van der Waals surface area contributed by atoms with Crippen LogP contribution < -0.4 is 5.32 Å². The lowest BCUT2D eigenvalue weighted by Crippen LogP contribution is -2.32. The van der Waals surface area contributed by atoms with E-state index in [4.69, 9.17) is 0 Å². The van der Waals surface area contributed by atoms with Gasteiger partial charge in [-0.3, -0.25) is 4.79 Å². The summed E-state index contributed by atoms with van der Waals surface area (Å²) in [6, 6.07) is 9.09. The van der Waals surface area contributed by atoms with Crippen LogP contribution in [-0.2, 0) is 9.53 Å². The van der Waals surface area contributed by atoms with E-state index in [0.717, 1.165) is 0 Å². The molecule has 1 aromatic rings. The quantitative estimate of drug-likeness (QED) is 0.722. The molecule has 0 radical (unpaired) electrons. The van der Waals surface area contributed by atoms with E-state index < -0.39 is 18.0 Å². The number of benzene rings is 1. The molecule has 0 aromatic heterocycles. The van der Waals surface area contributed by atoms with Gasteiger partial charge in [0.1, 0.15) is 0 Å². The number of aliphatic hydroxyl groups excluding tert-OH is 1. The van der Waals surface area contributed by atoms with E-state index in [0.29, 0.717) is 12.1 Å². The molecule has 0 aliphatic heterocycles. The second-order valence-corrected chi connectivity index (χ2v) is 3.54. The second-order valence-electron chi connectivity index (χ2n) is 3.54. The maximum Gasteiger partial charge on any atom is 0.312 e. The van der Waals surface area contributed by atoms with Crippen LogP contribution >= 0.6 is 0 Å². The van der Waals surface area contributed by atoms with Crippen molar-refractivity contribution >= 4 is 5.97 Å². The molecule has 2 N–H and O–H groups in total. The zero-order valence-corrected chi connectivity index (χ0v) is 9.51. The summed E-state index contributed by atoms with van der Waals surface area (Å²) in [7, 11) is 3.05. The lowest BCUT2D eigenvalue weighted by atomic mass is 9.96. The van der Waals surface area contributed by atoms with Gasteiger partial charge in [0.25, 0.3) is 0 Å². The van der Waals surface area contributed by atoms with Gasteiger partial charge < -0.3 is 15.2 Å². The smallest absolute Gasteiger partial charge is 0.312 e. The van der Waals surface area contributed by atoms with Crippen molar-refractivity contribution in [3.8, 4) is 0 Å². The predicted octanol–water partition coefficient (Wildman–Crippen LogP) is 0.729. The standard InChI is InChI=1S/C12H17NO3/c1-13-8-10(12(15)16-2)11(14)9-6-4-3-5-7-9/h3-7,10-11,13-14H,8H2,1-2H3/t10-,11?/m0/s1. The lowest BCUT2D eigenvalue weighted by molar-refractivity contribution is -0.149. The Bertz CT molecular complexity index is 326. The summed E-state index contributed by atoms with van der Waals surface area (Å²) in [6.07, 6.45) is -0.846. The van der Waals surface area contributed by atoms with Crippen LogP contribution in [0.4, 0.5) is 0 Å². The molecule has 0 saturated heterocycles. The van der Waals surface area contributed by atoms with E-state index in [1.54, 1.807) is 19.2 Å². The molecule has 0 saturated carbocycles. The molecular weight excluding hydrogens is 206 g/mol. The Kier molecular flexibility index (Phi) is 4.95. The number of aliphatic hydroxyl groups is 1. The van der Waals surface area contributed by atoms with E-state index in [1.165, 1.54) is 7.11 Å². The van der Waals surface area contributed by atoms with Crippen molar-refractivity contribution in [3.05, 3.63) is 35.9 Å². The summed E-state index contributed by atoms with van der Waals surface area (Å²) in [6.45, 7) is 0.378. The lowest BCUT2D eigenvalue weighted by Gasteiger charge is -2.20. The van der Waals surface area contributed by atoms with Crippen molar-refractivity contribution in [3.63, 3.8) is 0 Å². The van der Waals surface area contributed by atoms with Gasteiger partial charge >= 0.3 is 5.97 Å². The summed E-state index contributed by atoms with van der Waals surface area (Å²) in [5.74, 6) is -0.997. The summed E-state index contributed by atoms with van der Waals surface area (Å²) >= 11 is 0. The topological polar surface area (TPSA) is 58.6 Å². The van der Waals surface area contributed by atoms with Crippen LogP contribution in [0.3, 0.4) is 0 Å². The van der Waals surface area contributed by atoms with Crippen LogP contribution in [0.25, 0.3) is 0 Å². The number of hydrogen-bond acceptors (Lipinski definition) is 4. The second kappa shape index (κ2) is 6.25. The Morgan fingerprint density at radius 3 is 2.56 bits per heavy atom. The fourth-order valence-corrected chi connectivity index (χ4v) is 1.58. The van der Waals surface area contributed by atoms with Gasteiger partial charge in [-0.15, -0.1) is 0 Å².